The fourth-order valence-corrected chi connectivity index (χ4v) is 0.703. The molecule has 5 N–H and O–H groups in total. The highest BCUT2D eigenvalue weighted by atomic mass is 19.1. The minimum absolute atomic E-state index is 0.403. The molecule has 4 nitrogen and oxygen atoms in total. The first-order chi connectivity index (χ1) is 8.29. The fourth-order valence-electron chi connectivity index (χ4n) is 0.703. The van der Waals surface area contributed by atoms with Crippen LogP contribution in [-0.2, 0) is 0 Å². The number of rotatable bonds is 3. The van der Waals surface area contributed by atoms with Gasteiger partial charge in [-0.05, 0) is 5.46 Å². The van der Waals surface area contributed by atoms with Crippen molar-refractivity contribution in [2.24, 2.45) is 5.73 Å². The molecule has 0 aliphatic heterocycles. The monoisotopic (exact) mass is 263 g/mol. The normalized spacial score (nSPS) is 10.8. The Kier molecular flexibility index (Phi) is 6.93. The number of nitrogens with two attached hydrogens (primary N) is 1. The van der Waals surface area contributed by atoms with E-state index in [1.807, 2.05) is 0 Å². The van der Waals surface area contributed by atoms with Crippen molar-refractivity contribution in [3.63, 3.8) is 0 Å². The maximum atomic E-state index is 12.2. The van der Waals surface area contributed by atoms with Crippen LogP contribution in [0.2, 0.25) is 0 Å². The first kappa shape index (κ1) is 16.9. The first-order valence-electron chi connectivity index (χ1n) is 4.81. The third-order valence-electron chi connectivity index (χ3n) is 1.99. The highest BCUT2D eigenvalue weighted by Gasteiger charge is 2.20. The molecular weight excluding hydrogens is 250 g/mol. The number of aliphatic hydroxyl groups is 3. The van der Waals surface area contributed by atoms with Crippen LogP contribution >= 0.6 is 0 Å². The predicted octanol–water partition coefficient (Wildman–Crippen LogP) is -1.44. The van der Waals surface area contributed by atoms with Gasteiger partial charge in [0.25, 0.3) is 0 Å². The van der Waals surface area contributed by atoms with Gasteiger partial charge in [-0.3, -0.25) is 0 Å². The SMILES string of the molecule is NC(CO)(CO)CO.[B]c1c(F)cc(F)cc1F. The van der Waals surface area contributed by atoms with Crippen LogP contribution in [0.5, 0.6) is 0 Å². The van der Waals surface area contributed by atoms with E-state index in [-0.39, 0.29) is 0 Å². The van der Waals surface area contributed by atoms with E-state index < -0.39 is 48.3 Å². The van der Waals surface area contributed by atoms with Crippen LogP contribution in [0.1, 0.15) is 0 Å². The van der Waals surface area contributed by atoms with Gasteiger partial charge in [0.2, 0.25) is 0 Å². The Morgan fingerprint density at radius 2 is 1.33 bits per heavy atom. The highest BCUT2D eigenvalue weighted by Crippen LogP contribution is 2.02. The molecule has 0 unspecified atom stereocenters. The van der Waals surface area contributed by atoms with Gasteiger partial charge in [-0.15, -0.1) is 0 Å². The van der Waals surface area contributed by atoms with Gasteiger partial charge in [0.1, 0.15) is 25.3 Å². The quantitative estimate of drug-likeness (QED) is 0.503. The maximum Gasteiger partial charge on any atom is 0.128 e. The molecule has 1 aromatic carbocycles. The average molecular weight is 263 g/mol. The lowest BCUT2D eigenvalue weighted by molar-refractivity contribution is 0.0698. The van der Waals surface area contributed by atoms with Crippen LogP contribution in [0, 0.1) is 17.5 Å². The molecule has 0 saturated carbocycles. The largest absolute Gasteiger partial charge is 0.394 e. The molecule has 0 aliphatic rings. The van der Waals surface area contributed by atoms with Crippen molar-refractivity contribution in [2.75, 3.05) is 19.8 Å². The Morgan fingerprint density at radius 1 is 1.00 bits per heavy atom. The molecule has 18 heavy (non-hydrogen) atoms. The van der Waals surface area contributed by atoms with Crippen molar-refractivity contribution >= 4 is 13.3 Å². The Hall–Kier alpha value is -1.09. The molecule has 0 aliphatic carbocycles. The van der Waals surface area contributed by atoms with Gasteiger partial charge in [-0.1, -0.05) is 0 Å². The van der Waals surface area contributed by atoms with Crippen LogP contribution in [0.3, 0.4) is 0 Å². The number of halogens is 3. The average Bonchev–Trinajstić information content (AvgIpc) is 2.35. The summed E-state index contributed by atoms with van der Waals surface area (Å²) in [5.74, 6) is -3.11. The number of aliphatic hydroxyl groups excluding tert-OH is 3. The van der Waals surface area contributed by atoms with Gasteiger partial charge in [0, 0.05) is 12.1 Å². The van der Waals surface area contributed by atoms with Crippen molar-refractivity contribution in [1.29, 1.82) is 0 Å². The summed E-state index contributed by atoms with van der Waals surface area (Å²) in [6, 6.07) is 1.05. The summed E-state index contributed by atoms with van der Waals surface area (Å²) in [5.41, 5.74) is 3.29. The van der Waals surface area contributed by atoms with Crippen LogP contribution < -0.4 is 11.2 Å². The minimum Gasteiger partial charge on any atom is -0.394 e. The lowest BCUT2D eigenvalue weighted by Crippen LogP contribution is -2.50. The molecule has 0 heterocycles. The van der Waals surface area contributed by atoms with E-state index in [0.29, 0.717) is 12.1 Å². The molecule has 0 amide bonds. The zero-order valence-corrected chi connectivity index (χ0v) is 9.41. The molecule has 2 radical (unpaired) electrons. The molecule has 1 rings (SSSR count). The predicted molar refractivity (Wildman–Crippen MR) is 59.9 cm³/mol. The number of benzene rings is 1. The van der Waals surface area contributed by atoms with E-state index in [9.17, 15) is 13.2 Å². The molecule has 0 atom stereocenters. The lowest BCUT2D eigenvalue weighted by atomic mass is 9.95. The molecule has 0 fully saturated rings. The Balaban J connectivity index is 0.000000331. The molecule has 0 bridgehead atoms. The van der Waals surface area contributed by atoms with Gasteiger partial charge in [0.15, 0.2) is 0 Å². The minimum atomic E-state index is -1.21. The first-order valence-corrected chi connectivity index (χ1v) is 4.81. The van der Waals surface area contributed by atoms with Crippen LogP contribution in [-0.4, -0.2) is 48.5 Å². The van der Waals surface area contributed by atoms with Crippen LogP contribution in [0.15, 0.2) is 12.1 Å². The molecule has 8 heteroatoms. The molecule has 100 valence electrons. The smallest absolute Gasteiger partial charge is 0.128 e. The zero-order valence-electron chi connectivity index (χ0n) is 9.41. The Bertz CT molecular complexity index is 357. The Labute approximate surface area is 103 Å². The molecule has 0 aromatic heterocycles. The second kappa shape index (κ2) is 7.37. The maximum absolute atomic E-state index is 12.2. The van der Waals surface area contributed by atoms with Crippen molar-refractivity contribution in [3.05, 3.63) is 29.6 Å². The second-order valence-electron chi connectivity index (χ2n) is 3.62. The third-order valence-corrected chi connectivity index (χ3v) is 1.99. The topological polar surface area (TPSA) is 86.7 Å². The van der Waals surface area contributed by atoms with Crippen molar-refractivity contribution in [3.8, 4) is 0 Å². The van der Waals surface area contributed by atoms with Gasteiger partial charge in [-0.2, -0.15) is 0 Å². The van der Waals surface area contributed by atoms with E-state index in [2.05, 4.69) is 0 Å². The van der Waals surface area contributed by atoms with E-state index in [0.717, 1.165) is 0 Å². The van der Waals surface area contributed by atoms with Gasteiger partial charge >= 0.3 is 0 Å². The summed E-state index contributed by atoms with van der Waals surface area (Å²) in [5, 5.41) is 25.0. The fraction of sp³-hybridized carbons (Fsp3) is 0.400. The van der Waals surface area contributed by atoms with Crippen LogP contribution in [0.4, 0.5) is 13.2 Å². The molecule has 0 saturated heterocycles. The lowest BCUT2D eigenvalue weighted by Gasteiger charge is -2.20. The summed E-state index contributed by atoms with van der Waals surface area (Å²) in [7, 11) is 4.83. The molecular formula is C10H13BF3NO3. The zero-order chi connectivity index (χ0) is 14.3. The molecule has 1 aromatic rings. The second-order valence-corrected chi connectivity index (χ2v) is 3.62. The van der Waals surface area contributed by atoms with Gasteiger partial charge in [0.05, 0.1) is 25.4 Å². The third kappa shape index (κ3) is 5.05. The van der Waals surface area contributed by atoms with Gasteiger partial charge < -0.3 is 21.1 Å². The van der Waals surface area contributed by atoms with E-state index in [4.69, 9.17) is 28.9 Å². The number of hydrogen-bond donors (Lipinski definition) is 4. The van der Waals surface area contributed by atoms with Crippen molar-refractivity contribution in [1.82, 2.24) is 0 Å². The summed E-state index contributed by atoms with van der Waals surface area (Å²) in [6.07, 6.45) is 0. The summed E-state index contributed by atoms with van der Waals surface area (Å²) in [4.78, 5) is 0. The highest BCUT2D eigenvalue weighted by molar-refractivity contribution is 6.32. The Morgan fingerprint density at radius 3 is 1.56 bits per heavy atom. The van der Waals surface area contributed by atoms with E-state index in [1.54, 1.807) is 0 Å². The molecule has 0 spiro atoms. The standard InChI is InChI=1S/C6H2BF3.C4H11NO3/c7-6-4(9)1-3(8)2-5(6)10;5-4(1-6,2-7)3-8/h1-2H;6-8H,1-3,5H2. The number of hydrogen-bond acceptors (Lipinski definition) is 4. The van der Waals surface area contributed by atoms with Crippen molar-refractivity contribution < 1.29 is 28.5 Å². The van der Waals surface area contributed by atoms with Crippen molar-refractivity contribution in [2.45, 2.75) is 5.54 Å². The summed E-state index contributed by atoms with van der Waals surface area (Å²) >= 11 is 0. The van der Waals surface area contributed by atoms with E-state index in [1.165, 1.54) is 0 Å². The van der Waals surface area contributed by atoms with Crippen LogP contribution in [0.25, 0.3) is 0 Å². The van der Waals surface area contributed by atoms with Gasteiger partial charge in [-0.25, -0.2) is 13.2 Å². The van der Waals surface area contributed by atoms with E-state index >= 15 is 0 Å². The summed E-state index contributed by atoms with van der Waals surface area (Å²) < 4.78 is 36.5. The summed E-state index contributed by atoms with van der Waals surface area (Å²) in [6.45, 7) is -1.21.